The molecule has 0 radical (unpaired) electrons. The largest absolute Gasteiger partial charge is 0.325 e. The van der Waals surface area contributed by atoms with Gasteiger partial charge in [0.05, 0.1) is 11.1 Å². The molecule has 0 fully saturated rings. The lowest BCUT2D eigenvalue weighted by atomic mass is 9.81. The number of aryl methyl sites for hydroxylation is 1. The Labute approximate surface area is 133 Å². The second-order valence-corrected chi connectivity index (χ2v) is 5.64. The summed E-state index contributed by atoms with van der Waals surface area (Å²) in [4.78, 5) is 50.6. The molecule has 2 rings (SSSR count). The fraction of sp³-hybridized carbons (Fsp3) is 0.294. The minimum Gasteiger partial charge on any atom is -0.325 e. The molecule has 0 unspecified atom stereocenters. The Balaban J connectivity index is 2.84. The molecule has 1 heterocycles. The zero-order valence-corrected chi connectivity index (χ0v) is 13.4. The molecule has 0 spiro atoms. The lowest BCUT2D eigenvalue weighted by Crippen LogP contribution is -2.34. The smallest absolute Gasteiger partial charge is 0.248 e. The molecule has 1 aliphatic carbocycles. The van der Waals surface area contributed by atoms with E-state index in [1.165, 1.54) is 6.07 Å². The molecule has 0 aromatic carbocycles. The fourth-order valence-electron chi connectivity index (χ4n) is 2.87. The highest BCUT2D eigenvalue weighted by atomic mass is 16.2. The summed E-state index contributed by atoms with van der Waals surface area (Å²) in [5.74, 6) is -0.957. The van der Waals surface area contributed by atoms with Crippen LogP contribution in [0.15, 0.2) is 33.8 Å². The van der Waals surface area contributed by atoms with Crippen LogP contribution in [0.25, 0.3) is 0 Å². The molecule has 0 saturated carbocycles. The van der Waals surface area contributed by atoms with Crippen LogP contribution < -0.4 is 10.9 Å². The number of ketones is 2. The molecule has 0 saturated heterocycles. The Morgan fingerprint density at radius 3 is 2.39 bits per heavy atom. The standard InChI is InChI=1S/C17H18N2O4/c1-5-10(8(2)3)13-14(18-7-20)17(23)15-12(16(13)22)9(4)6-11(21)19-15/h5-8H,1-4H3,(H,18,20)(H,19,21)/b10-5-. The molecule has 120 valence electrons. The van der Waals surface area contributed by atoms with Crippen molar-refractivity contribution in [1.82, 2.24) is 10.3 Å². The molecule has 0 bridgehead atoms. The number of amides is 1. The molecule has 1 aromatic heterocycles. The molecule has 6 nitrogen and oxygen atoms in total. The maximum Gasteiger partial charge on any atom is 0.248 e. The van der Waals surface area contributed by atoms with Crippen molar-refractivity contribution in [1.29, 1.82) is 0 Å². The van der Waals surface area contributed by atoms with Crippen molar-refractivity contribution in [3.05, 3.63) is 56.2 Å². The molecule has 1 aliphatic rings. The highest BCUT2D eigenvalue weighted by Crippen LogP contribution is 2.32. The fourth-order valence-corrected chi connectivity index (χ4v) is 2.87. The van der Waals surface area contributed by atoms with Crippen LogP contribution in [0, 0.1) is 12.8 Å². The van der Waals surface area contributed by atoms with Crippen molar-refractivity contribution < 1.29 is 14.4 Å². The Morgan fingerprint density at radius 2 is 1.87 bits per heavy atom. The van der Waals surface area contributed by atoms with Crippen LogP contribution >= 0.6 is 0 Å². The molecule has 1 amide bonds. The third-order valence-electron chi connectivity index (χ3n) is 3.82. The van der Waals surface area contributed by atoms with Crippen LogP contribution in [0.5, 0.6) is 0 Å². The van der Waals surface area contributed by atoms with Crippen LogP contribution in [0.1, 0.15) is 47.2 Å². The number of aromatic nitrogens is 1. The van der Waals surface area contributed by atoms with Crippen molar-refractivity contribution in [3.63, 3.8) is 0 Å². The van der Waals surface area contributed by atoms with E-state index in [-0.39, 0.29) is 34.2 Å². The first-order valence-corrected chi connectivity index (χ1v) is 7.27. The number of hydrogen-bond acceptors (Lipinski definition) is 4. The number of H-pyrrole nitrogens is 1. The Bertz CT molecular complexity index is 825. The van der Waals surface area contributed by atoms with Crippen LogP contribution in [-0.4, -0.2) is 23.0 Å². The molecule has 1 aromatic rings. The van der Waals surface area contributed by atoms with E-state index >= 15 is 0 Å². The number of carbonyl (C=O) groups is 3. The number of nitrogens with one attached hydrogen (secondary N) is 2. The van der Waals surface area contributed by atoms with Crippen LogP contribution in [0.2, 0.25) is 0 Å². The average molecular weight is 314 g/mol. The van der Waals surface area contributed by atoms with Gasteiger partial charge in [0.25, 0.3) is 0 Å². The second kappa shape index (κ2) is 6.16. The highest BCUT2D eigenvalue weighted by molar-refractivity contribution is 6.28. The molecular weight excluding hydrogens is 296 g/mol. The number of fused-ring (bicyclic) bond motifs is 1. The summed E-state index contributed by atoms with van der Waals surface area (Å²) in [7, 11) is 0. The predicted octanol–water partition coefficient (Wildman–Crippen LogP) is 1.66. The summed E-state index contributed by atoms with van der Waals surface area (Å²) in [6.07, 6.45) is 2.11. The maximum absolute atomic E-state index is 13.0. The number of pyridine rings is 1. The molecule has 2 N–H and O–H groups in total. The zero-order chi connectivity index (χ0) is 17.3. The first-order chi connectivity index (χ1) is 10.8. The van der Waals surface area contributed by atoms with Gasteiger partial charge in [-0.1, -0.05) is 19.9 Å². The van der Waals surface area contributed by atoms with Gasteiger partial charge in [-0.15, -0.1) is 0 Å². The van der Waals surface area contributed by atoms with Gasteiger partial charge in [-0.2, -0.15) is 0 Å². The predicted molar refractivity (Wildman–Crippen MR) is 85.3 cm³/mol. The molecule has 23 heavy (non-hydrogen) atoms. The Kier molecular flexibility index (Phi) is 4.45. The topological polar surface area (TPSA) is 96.1 Å². The maximum atomic E-state index is 13.0. The summed E-state index contributed by atoms with van der Waals surface area (Å²) in [6.45, 7) is 7.18. The normalized spacial score (nSPS) is 15.1. The average Bonchev–Trinajstić information content (AvgIpc) is 2.47. The Hall–Kier alpha value is -2.76. The minimum absolute atomic E-state index is 0.0141. The summed E-state index contributed by atoms with van der Waals surface area (Å²) in [6, 6.07) is 1.28. The number of carbonyl (C=O) groups excluding carboxylic acids is 3. The van der Waals surface area contributed by atoms with E-state index in [0.29, 0.717) is 17.5 Å². The molecule has 0 aliphatic heterocycles. The van der Waals surface area contributed by atoms with Gasteiger partial charge in [-0.05, 0) is 30.9 Å². The molecule has 6 heteroatoms. The second-order valence-electron chi connectivity index (χ2n) is 5.64. The number of hydrogen-bond donors (Lipinski definition) is 2. The van der Waals surface area contributed by atoms with E-state index in [9.17, 15) is 19.2 Å². The first kappa shape index (κ1) is 16.6. The number of rotatable bonds is 4. The monoisotopic (exact) mass is 314 g/mol. The quantitative estimate of drug-likeness (QED) is 0.826. The van der Waals surface area contributed by atoms with Crippen LogP contribution in [-0.2, 0) is 4.79 Å². The number of aromatic amines is 1. The third kappa shape index (κ3) is 2.67. The minimum atomic E-state index is -0.567. The van der Waals surface area contributed by atoms with E-state index in [1.807, 2.05) is 13.8 Å². The molecular formula is C17H18N2O4. The van der Waals surface area contributed by atoms with Crippen molar-refractivity contribution in [2.24, 2.45) is 5.92 Å². The van der Waals surface area contributed by atoms with E-state index in [1.54, 1.807) is 19.9 Å². The van der Waals surface area contributed by atoms with Crippen molar-refractivity contribution in [3.8, 4) is 0 Å². The van der Waals surface area contributed by atoms with Gasteiger partial charge in [-0.25, -0.2) is 0 Å². The van der Waals surface area contributed by atoms with E-state index in [4.69, 9.17) is 0 Å². The summed E-state index contributed by atoms with van der Waals surface area (Å²) < 4.78 is 0. The van der Waals surface area contributed by atoms with Gasteiger partial charge in [0.15, 0.2) is 5.78 Å². The lowest BCUT2D eigenvalue weighted by Gasteiger charge is -2.24. The summed E-state index contributed by atoms with van der Waals surface area (Å²) >= 11 is 0. The van der Waals surface area contributed by atoms with E-state index in [0.717, 1.165) is 0 Å². The highest BCUT2D eigenvalue weighted by Gasteiger charge is 2.36. The van der Waals surface area contributed by atoms with Crippen molar-refractivity contribution in [2.75, 3.05) is 0 Å². The van der Waals surface area contributed by atoms with Crippen LogP contribution in [0.3, 0.4) is 0 Å². The SMILES string of the molecule is C/C=C(\C1=C(NC=O)C(=O)c2[nH]c(=O)cc(C)c2C1=O)C(C)C. The number of Topliss-reactive ketones (excluding diaryl/α,β-unsaturated/α-hetero) is 2. The zero-order valence-electron chi connectivity index (χ0n) is 13.4. The lowest BCUT2D eigenvalue weighted by molar-refractivity contribution is -0.108. The Morgan fingerprint density at radius 1 is 1.22 bits per heavy atom. The van der Waals surface area contributed by atoms with Crippen molar-refractivity contribution in [2.45, 2.75) is 27.7 Å². The summed E-state index contributed by atoms with van der Waals surface area (Å²) in [5.41, 5.74) is 0.829. The van der Waals surface area contributed by atoms with E-state index < -0.39 is 11.3 Å². The van der Waals surface area contributed by atoms with Gasteiger partial charge < -0.3 is 10.3 Å². The van der Waals surface area contributed by atoms with Gasteiger partial charge in [0.2, 0.25) is 17.8 Å². The first-order valence-electron chi connectivity index (χ1n) is 7.27. The van der Waals surface area contributed by atoms with Crippen LogP contribution in [0.4, 0.5) is 0 Å². The van der Waals surface area contributed by atoms with Crippen molar-refractivity contribution >= 4 is 18.0 Å². The third-order valence-corrected chi connectivity index (χ3v) is 3.82. The van der Waals surface area contributed by atoms with E-state index in [2.05, 4.69) is 10.3 Å². The van der Waals surface area contributed by atoms with Gasteiger partial charge in [-0.3, -0.25) is 19.2 Å². The van der Waals surface area contributed by atoms with Gasteiger partial charge >= 0.3 is 0 Å². The summed E-state index contributed by atoms with van der Waals surface area (Å²) in [5, 5.41) is 2.33. The molecule has 0 atom stereocenters. The van der Waals surface area contributed by atoms with Gasteiger partial charge in [0.1, 0.15) is 11.4 Å². The number of allylic oxidation sites excluding steroid dienone is 4. The van der Waals surface area contributed by atoms with Gasteiger partial charge in [0, 0.05) is 6.07 Å².